The van der Waals surface area contributed by atoms with Crippen molar-refractivity contribution in [2.75, 3.05) is 0 Å². The van der Waals surface area contributed by atoms with E-state index in [2.05, 4.69) is 0 Å². The third kappa shape index (κ3) is 9.56. The largest absolute Gasteiger partial charge is 0.307 e. The Balaban J connectivity index is 2.90. The average Bonchev–Trinajstić information content (AvgIpc) is 1.96. The Labute approximate surface area is 70.8 Å². The fourth-order valence-corrected chi connectivity index (χ4v) is 1.31. The fraction of sp³-hybridized carbons (Fsp3) is 0.750. The zero-order valence-corrected chi connectivity index (χ0v) is 9.14. The maximum atomic E-state index is 10.5. The molecule has 0 saturated heterocycles. The van der Waals surface area contributed by atoms with Gasteiger partial charge in [-0.05, 0) is 12.8 Å². The summed E-state index contributed by atoms with van der Waals surface area (Å²) in [4.78, 5) is 20.4. The molecule has 0 aliphatic carbocycles. The van der Waals surface area contributed by atoms with Crippen molar-refractivity contribution >= 4 is 21.9 Å². The molecule has 0 aliphatic heterocycles. The lowest BCUT2D eigenvalue weighted by Gasteiger charge is -1.95. The van der Waals surface area contributed by atoms with Gasteiger partial charge in [-0.25, -0.2) is 0 Å². The summed E-state index contributed by atoms with van der Waals surface area (Å²) in [6, 6.07) is 0. The number of carbonyl (C=O) groups excluding carboxylic acids is 2. The smallest absolute Gasteiger partial charge is 0.119 e. The number of unbranched alkanes of at least 4 members (excludes halogenated alkanes) is 4. The van der Waals surface area contributed by atoms with Crippen molar-refractivity contribution in [2.45, 2.75) is 38.5 Å². The summed E-state index contributed by atoms with van der Waals surface area (Å²) in [5, 5.41) is 0.403. The number of aldehydes is 1. The van der Waals surface area contributed by atoms with Gasteiger partial charge in [-0.15, -0.1) is 0 Å². The molecule has 3 heteroatoms. The van der Waals surface area contributed by atoms with Crippen LogP contribution in [0, 0.1) is 0 Å². The Morgan fingerprint density at radius 3 is 2.36 bits per heavy atom. The normalized spacial score (nSPS) is 9.82. The third-order valence-electron chi connectivity index (χ3n) is 1.60. The standard InChI is InChI=1S/C8H16O2Si/c9-7-5-3-1-2-4-6-8(10)11/h7H,1-6H2,11H3. The van der Waals surface area contributed by atoms with Crippen molar-refractivity contribution in [3.63, 3.8) is 0 Å². The van der Waals surface area contributed by atoms with Crippen LogP contribution in [0.1, 0.15) is 38.5 Å². The highest BCUT2D eigenvalue weighted by Crippen LogP contribution is 2.03. The molecule has 0 saturated carbocycles. The fourth-order valence-electron chi connectivity index (χ4n) is 0.955. The number of carbonyl (C=O) groups is 2. The minimum atomic E-state index is 0.403. The summed E-state index contributed by atoms with van der Waals surface area (Å²) < 4.78 is 0. The number of hydrogen-bond donors (Lipinski definition) is 0. The van der Waals surface area contributed by atoms with E-state index in [0.717, 1.165) is 38.4 Å². The molecule has 0 N–H and O–H groups in total. The van der Waals surface area contributed by atoms with Crippen LogP contribution in [0.3, 0.4) is 0 Å². The minimum Gasteiger partial charge on any atom is -0.307 e. The molecule has 2 nitrogen and oxygen atoms in total. The lowest BCUT2D eigenvalue weighted by Crippen LogP contribution is -1.94. The molecule has 0 fully saturated rings. The third-order valence-corrected chi connectivity index (χ3v) is 2.10. The molecule has 0 aromatic carbocycles. The molecular formula is C8H16O2Si. The Morgan fingerprint density at radius 1 is 1.18 bits per heavy atom. The van der Waals surface area contributed by atoms with E-state index in [1.165, 1.54) is 0 Å². The molecule has 0 bridgehead atoms. The molecule has 0 unspecified atom stereocenters. The van der Waals surface area contributed by atoms with E-state index in [-0.39, 0.29) is 0 Å². The van der Waals surface area contributed by atoms with Crippen molar-refractivity contribution < 1.29 is 9.59 Å². The molecule has 0 spiro atoms. The van der Waals surface area contributed by atoms with Crippen LogP contribution in [0.15, 0.2) is 0 Å². The van der Waals surface area contributed by atoms with Crippen LogP contribution in [-0.4, -0.2) is 21.9 Å². The molecule has 0 rings (SSSR count). The quantitative estimate of drug-likeness (QED) is 0.317. The monoisotopic (exact) mass is 172 g/mol. The van der Waals surface area contributed by atoms with Gasteiger partial charge in [-0.1, -0.05) is 12.8 Å². The molecule has 0 radical (unpaired) electrons. The topological polar surface area (TPSA) is 34.1 Å². The van der Waals surface area contributed by atoms with Gasteiger partial charge in [-0.3, -0.25) is 0 Å². The van der Waals surface area contributed by atoms with Crippen LogP contribution in [-0.2, 0) is 9.59 Å². The van der Waals surface area contributed by atoms with Gasteiger partial charge in [0.2, 0.25) is 0 Å². The summed E-state index contributed by atoms with van der Waals surface area (Å²) in [7, 11) is 0.694. The van der Waals surface area contributed by atoms with E-state index >= 15 is 0 Å². The van der Waals surface area contributed by atoms with Crippen LogP contribution in [0.5, 0.6) is 0 Å². The van der Waals surface area contributed by atoms with Crippen molar-refractivity contribution in [2.24, 2.45) is 0 Å². The Kier molecular flexibility index (Phi) is 7.35. The number of rotatable bonds is 7. The highest BCUT2D eigenvalue weighted by Gasteiger charge is 1.92. The van der Waals surface area contributed by atoms with E-state index in [1.807, 2.05) is 0 Å². The predicted octanol–water partition coefficient (Wildman–Crippen LogP) is 0.418. The summed E-state index contributed by atoms with van der Waals surface area (Å²) in [6.07, 6.45) is 6.58. The van der Waals surface area contributed by atoms with Crippen molar-refractivity contribution in [3.8, 4) is 0 Å². The van der Waals surface area contributed by atoms with E-state index in [1.54, 1.807) is 0 Å². The first-order valence-electron chi connectivity index (χ1n) is 4.20. The van der Waals surface area contributed by atoms with Crippen LogP contribution in [0.25, 0.3) is 0 Å². The van der Waals surface area contributed by atoms with Gasteiger partial charge in [0.25, 0.3) is 0 Å². The minimum absolute atomic E-state index is 0.403. The van der Waals surface area contributed by atoms with E-state index in [0.29, 0.717) is 22.1 Å². The lowest BCUT2D eigenvalue weighted by molar-refractivity contribution is -0.112. The zero-order valence-electron chi connectivity index (χ0n) is 7.14. The SMILES string of the molecule is O=CCCCCCCC(=O)[SiH3]. The van der Waals surface area contributed by atoms with E-state index in [9.17, 15) is 9.59 Å². The van der Waals surface area contributed by atoms with Gasteiger partial charge in [0.15, 0.2) is 0 Å². The van der Waals surface area contributed by atoms with Gasteiger partial charge in [-0.2, -0.15) is 0 Å². The molecule has 64 valence electrons. The summed E-state index contributed by atoms with van der Waals surface area (Å²) in [6.45, 7) is 0. The van der Waals surface area contributed by atoms with Crippen molar-refractivity contribution in [1.82, 2.24) is 0 Å². The van der Waals surface area contributed by atoms with Gasteiger partial charge < -0.3 is 9.59 Å². The maximum Gasteiger partial charge on any atom is 0.119 e. The Morgan fingerprint density at radius 2 is 1.82 bits per heavy atom. The second-order valence-electron chi connectivity index (χ2n) is 2.82. The highest BCUT2D eigenvalue weighted by atomic mass is 28.1. The van der Waals surface area contributed by atoms with Crippen molar-refractivity contribution in [3.05, 3.63) is 0 Å². The first-order chi connectivity index (χ1) is 5.27. The molecule has 0 amide bonds. The van der Waals surface area contributed by atoms with Gasteiger partial charge in [0.1, 0.15) is 11.7 Å². The summed E-state index contributed by atoms with van der Waals surface area (Å²) >= 11 is 0. The summed E-state index contributed by atoms with van der Waals surface area (Å²) in [5.41, 5.74) is 0. The van der Waals surface area contributed by atoms with Gasteiger partial charge >= 0.3 is 0 Å². The van der Waals surface area contributed by atoms with Crippen molar-refractivity contribution in [1.29, 1.82) is 0 Å². The predicted molar refractivity (Wildman–Crippen MR) is 48.7 cm³/mol. The van der Waals surface area contributed by atoms with Gasteiger partial charge in [0.05, 0.1) is 10.2 Å². The van der Waals surface area contributed by atoms with E-state index in [4.69, 9.17) is 0 Å². The summed E-state index contributed by atoms with van der Waals surface area (Å²) in [5.74, 6) is 0. The molecule has 0 atom stereocenters. The average molecular weight is 172 g/mol. The Bertz CT molecular complexity index is 123. The van der Waals surface area contributed by atoms with Gasteiger partial charge in [0, 0.05) is 12.8 Å². The second-order valence-corrected chi connectivity index (χ2v) is 3.94. The molecule has 0 aromatic rings. The Hall–Kier alpha value is -0.443. The van der Waals surface area contributed by atoms with E-state index < -0.39 is 0 Å². The molecule has 0 aliphatic rings. The first kappa shape index (κ1) is 10.6. The molecule has 0 aromatic heterocycles. The number of hydrogen-bond acceptors (Lipinski definition) is 2. The van der Waals surface area contributed by atoms with Crippen LogP contribution in [0.2, 0.25) is 0 Å². The lowest BCUT2D eigenvalue weighted by atomic mass is 10.1. The first-order valence-corrected chi connectivity index (χ1v) is 5.20. The van der Waals surface area contributed by atoms with Crippen LogP contribution in [0.4, 0.5) is 0 Å². The molecular weight excluding hydrogens is 156 g/mol. The highest BCUT2D eigenvalue weighted by molar-refractivity contribution is 6.57. The molecule has 0 heterocycles. The molecule has 11 heavy (non-hydrogen) atoms. The van der Waals surface area contributed by atoms with Crippen LogP contribution < -0.4 is 0 Å². The maximum absolute atomic E-state index is 10.5. The zero-order chi connectivity index (χ0) is 8.53. The van der Waals surface area contributed by atoms with Crippen LogP contribution >= 0.6 is 0 Å². The second kappa shape index (κ2) is 7.66.